The molecule has 0 saturated carbocycles. The van der Waals surface area contributed by atoms with Crippen molar-refractivity contribution in [2.24, 2.45) is 0 Å². The molecule has 5 nitrogen and oxygen atoms in total. The molecule has 0 aliphatic carbocycles. The van der Waals surface area contributed by atoms with Gasteiger partial charge in [0, 0.05) is 12.1 Å². The molecule has 0 fully saturated rings. The molecule has 0 aliphatic rings. The Morgan fingerprint density at radius 2 is 1.27 bits per heavy atom. The van der Waals surface area contributed by atoms with Crippen molar-refractivity contribution in [2.45, 2.75) is 55.8 Å². The summed E-state index contributed by atoms with van der Waals surface area (Å²) in [7, 11) is -5.09. The van der Waals surface area contributed by atoms with E-state index in [1.165, 1.54) is 0 Å². The maximum absolute atomic E-state index is 13.2. The second-order valence-corrected chi connectivity index (χ2v) is 12.8. The van der Waals surface area contributed by atoms with Crippen LogP contribution in [0, 0.1) is 6.92 Å². The molecule has 3 aromatic rings. The fourth-order valence-electron chi connectivity index (χ4n) is 3.39. The summed E-state index contributed by atoms with van der Waals surface area (Å²) in [4.78, 5) is 0.219. The lowest BCUT2D eigenvalue weighted by molar-refractivity contribution is 0.481. The van der Waals surface area contributed by atoms with Crippen LogP contribution in [0.2, 0.25) is 0 Å². The lowest BCUT2D eigenvalue weighted by atomic mass is 9.96. The highest BCUT2D eigenvalue weighted by atomic mass is 32.2. The van der Waals surface area contributed by atoms with E-state index in [0.717, 1.165) is 16.7 Å². The van der Waals surface area contributed by atoms with E-state index in [9.17, 15) is 12.6 Å². The quantitative estimate of drug-likeness (QED) is 0.438. The Balaban J connectivity index is 1.96. The van der Waals surface area contributed by atoms with Gasteiger partial charge in [0.15, 0.2) is 0 Å². The van der Waals surface area contributed by atoms with Crippen molar-refractivity contribution < 1.29 is 12.6 Å². The molecule has 0 saturated heterocycles. The summed E-state index contributed by atoms with van der Waals surface area (Å²) >= 11 is 0. The van der Waals surface area contributed by atoms with Crippen molar-refractivity contribution in [3.63, 3.8) is 0 Å². The number of hydrogen-bond acceptors (Lipinski definition) is 3. The molecule has 0 amide bonds. The molecule has 0 heterocycles. The molecule has 3 rings (SSSR count). The molecule has 0 unspecified atom stereocenters. The maximum Gasteiger partial charge on any atom is 0.241 e. The predicted octanol–water partition coefficient (Wildman–Crippen LogP) is 5.20. The highest BCUT2D eigenvalue weighted by Crippen LogP contribution is 2.29. The van der Waals surface area contributed by atoms with Gasteiger partial charge in [0.2, 0.25) is 10.0 Å². The van der Waals surface area contributed by atoms with E-state index in [2.05, 4.69) is 9.44 Å². The Morgan fingerprint density at radius 3 is 1.76 bits per heavy atom. The fraction of sp³-hybridized carbons (Fsp3) is 0.308. The molecule has 176 valence electrons. The Kier molecular flexibility index (Phi) is 8.23. The van der Waals surface area contributed by atoms with E-state index in [4.69, 9.17) is 0 Å². The van der Waals surface area contributed by atoms with Crippen LogP contribution in [0.1, 0.15) is 56.0 Å². The maximum atomic E-state index is 13.2. The topological polar surface area (TPSA) is 75.3 Å². The third kappa shape index (κ3) is 7.08. The molecule has 7 heteroatoms. The number of sulfonamides is 1. The standard InChI is InChI=1S/C26H32N2O3S2/c1-20-15-17-23(18-16-20)33(30,31)28-25(22-13-9-6-10-14-22)19-24(21-11-7-5-8-12-21)27-32(29)26(2,3)4/h5-18,24-25,27-28H,19H2,1-4H3/t24-,25+,32+/m1/s1. The van der Waals surface area contributed by atoms with E-state index >= 15 is 0 Å². The van der Waals surface area contributed by atoms with E-state index < -0.39 is 31.8 Å². The monoisotopic (exact) mass is 484 g/mol. The van der Waals surface area contributed by atoms with Gasteiger partial charge in [-0.1, -0.05) is 78.4 Å². The Labute approximate surface area is 200 Å². The van der Waals surface area contributed by atoms with Gasteiger partial charge in [-0.2, -0.15) is 0 Å². The Bertz CT molecular complexity index is 1160. The zero-order valence-electron chi connectivity index (χ0n) is 19.5. The highest BCUT2D eigenvalue weighted by Gasteiger charge is 2.28. The zero-order chi connectivity index (χ0) is 24.1. The first-order valence-corrected chi connectivity index (χ1v) is 13.6. The average molecular weight is 485 g/mol. The summed E-state index contributed by atoms with van der Waals surface area (Å²) in [6.45, 7) is 7.65. The fourth-order valence-corrected chi connectivity index (χ4v) is 5.47. The number of aryl methyl sites for hydroxylation is 1. The summed E-state index contributed by atoms with van der Waals surface area (Å²) in [5.41, 5.74) is 2.79. The lowest BCUT2D eigenvalue weighted by Crippen LogP contribution is -2.38. The molecule has 0 aliphatic heterocycles. The predicted molar refractivity (Wildman–Crippen MR) is 136 cm³/mol. The van der Waals surface area contributed by atoms with Gasteiger partial charge in [0.25, 0.3) is 0 Å². The minimum atomic E-state index is -3.76. The molecule has 0 aromatic heterocycles. The van der Waals surface area contributed by atoms with Crippen molar-refractivity contribution in [3.05, 3.63) is 102 Å². The second-order valence-electron chi connectivity index (χ2n) is 9.10. The summed E-state index contributed by atoms with van der Waals surface area (Å²) in [5.74, 6) is 0. The SMILES string of the molecule is Cc1ccc(S(=O)(=O)N[C@@H](C[C@@H](N[S@@](=O)C(C)(C)C)c2ccccc2)c2ccccc2)cc1. The molecule has 0 radical (unpaired) electrons. The molecule has 2 N–H and O–H groups in total. The molecule has 33 heavy (non-hydrogen) atoms. The van der Waals surface area contributed by atoms with Gasteiger partial charge in [-0.05, 0) is 57.4 Å². The van der Waals surface area contributed by atoms with Crippen LogP contribution in [0.5, 0.6) is 0 Å². The second kappa shape index (κ2) is 10.7. The summed E-state index contributed by atoms with van der Waals surface area (Å²) < 4.78 is 45.1. The van der Waals surface area contributed by atoms with E-state index in [1.54, 1.807) is 24.3 Å². The Hall–Kier alpha value is -2.32. The normalized spacial score (nSPS) is 15.0. The van der Waals surface area contributed by atoms with Crippen LogP contribution < -0.4 is 9.44 Å². The van der Waals surface area contributed by atoms with Gasteiger partial charge >= 0.3 is 0 Å². The summed E-state index contributed by atoms with van der Waals surface area (Å²) in [6, 6.07) is 25.2. The van der Waals surface area contributed by atoms with Crippen LogP contribution in [0.15, 0.2) is 89.8 Å². The van der Waals surface area contributed by atoms with Crippen molar-refractivity contribution >= 4 is 21.0 Å². The smallest absolute Gasteiger partial charge is 0.241 e. The van der Waals surface area contributed by atoms with Crippen LogP contribution in [-0.4, -0.2) is 17.4 Å². The zero-order valence-corrected chi connectivity index (χ0v) is 21.1. The van der Waals surface area contributed by atoms with Gasteiger partial charge in [0.1, 0.15) is 0 Å². The van der Waals surface area contributed by atoms with Gasteiger partial charge in [-0.25, -0.2) is 22.1 Å². The molecule has 3 aromatic carbocycles. The minimum Gasteiger partial charge on any atom is -0.242 e. The third-order valence-corrected chi connectivity index (χ3v) is 8.41. The molecular weight excluding hydrogens is 452 g/mol. The van der Waals surface area contributed by atoms with Crippen molar-refractivity contribution in [3.8, 4) is 0 Å². The van der Waals surface area contributed by atoms with Crippen molar-refractivity contribution in [2.75, 3.05) is 0 Å². The summed E-state index contributed by atoms with van der Waals surface area (Å²) in [6.07, 6.45) is 0.390. The molecular formula is C26H32N2O3S2. The van der Waals surface area contributed by atoms with Gasteiger partial charge in [-0.3, -0.25) is 0 Å². The van der Waals surface area contributed by atoms with Crippen molar-refractivity contribution in [1.29, 1.82) is 0 Å². The van der Waals surface area contributed by atoms with Crippen LogP contribution in [-0.2, 0) is 21.0 Å². The van der Waals surface area contributed by atoms with Gasteiger partial charge in [-0.15, -0.1) is 0 Å². The number of hydrogen-bond donors (Lipinski definition) is 2. The highest BCUT2D eigenvalue weighted by molar-refractivity contribution is 7.89. The summed E-state index contributed by atoms with van der Waals surface area (Å²) in [5, 5.41) is 0. The first kappa shape index (κ1) is 25.3. The van der Waals surface area contributed by atoms with Gasteiger partial charge < -0.3 is 0 Å². The van der Waals surface area contributed by atoms with Crippen molar-refractivity contribution in [1.82, 2.24) is 9.44 Å². The number of rotatable bonds is 9. The first-order valence-electron chi connectivity index (χ1n) is 10.9. The third-order valence-electron chi connectivity index (χ3n) is 5.31. The lowest BCUT2D eigenvalue weighted by Gasteiger charge is -2.28. The largest absolute Gasteiger partial charge is 0.242 e. The van der Waals surface area contributed by atoms with Crippen LogP contribution in [0.25, 0.3) is 0 Å². The molecule has 0 spiro atoms. The number of nitrogens with one attached hydrogen (secondary N) is 2. The van der Waals surface area contributed by atoms with E-state index in [-0.39, 0.29) is 10.9 Å². The van der Waals surface area contributed by atoms with Crippen LogP contribution in [0.4, 0.5) is 0 Å². The minimum absolute atomic E-state index is 0.219. The van der Waals surface area contributed by atoms with Crippen LogP contribution >= 0.6 is 0 Å². The van der Waals surface area contributed by atoms with E-state index in [0.29, 0.717) is 6.42 Å². The number of benzene rings is 3. The van der Waals surface area contributed by atoms with E-state index in [1.807, 2.05) is 88.4 Å². The first-order chi connectivity index (χ1) is 15.6. The molecule has 0 bridgehead atoms. The average Bonchev–Trinajstić information content (AvgIpc) is 2.78. The van der Waals surface area contributed by atoms with Gasteiger partial charge in [0.05, 0.1) is 20.6 Å². The molecule has 3 atom stereocenters. The Morgan fingerprint density at radius 1 is 0.788 bits per heavy atom. The van der Waals surface area contributed by atoms with Crippen LogP contribution in [0.3, 0.4) is 0 Å².